The molecule has 0 fully saturated rings. The normalized spacial score (nSPS) is 11.5. The van der Waals surface area contributed by atoms with Gasteiger partial charge in [-0.15, -0.1) is 0 Å². The Kier molecular flexibility index (Phi) is 5.28. The van der Waals surface area contributed by atoms with Gasteiger partial charge in [-0.3, -0.25) is 4.79 Å². The Balaban J connectivity index is 1.82. The second kappa shape index (κ2) is 7.46. The predicted molar refractivity (Wildman–Crippen MR) is 93.1 cm³/mol. The molecule has 5 nitrogen and oxygen atoms in total. The van der Waals surface area contributed by atoms with Gasteiger partial charge in [0, 0.05) is 11.6 Å². The lowest BCUT2D eigenvalue weighted by Crippen LogP contribution is -2.15. The number of benzene rings is 1. The lowest BCUT2D eigenvalue weighted by molar-refractivity contribution is -0.145. The first-order valence-electron chi connectivity index (χ1n) is 7.22. The highest BCUT2D eigenvalue weighted by molar-refractivity contribution is 8.00. The Labute approximate surface area is 155 Å². The number of nitrogens with one attached hydrogen (secondary N) is 1. The quantitative estimate of drug-likeness (QED) is 0.400. The average Bonchev–Trinajstić information content (AvgIpc) is 2.60. The predicted octanol–water partition coefficient (Wildman–Crippen LogP) is 4.43. The number of halogens is 4. The molecule has 10 heteroatoms. The number of rotatable bonds is 4. The number of pyridine rings is 1. The highest BCUT2D eigenvalue weighted by Gasteiger charge is 2.35. The molecular formula is C16H10ClF3N4OS. The number of anilines is 1. The fourth-order valence-corrected chi connectivity index (χ4v) is 3.07. The number of hydrogen-bond acceptors (Lipinski definition) is 5. The van der Waals surface area contributed by atoms with Gasteiger partial charge in [-0.2, -0.15) is 13.2 Å². The zero-order chi connectivity index (χ0) is 18.7. The van der Waals surface area contributed by atoms with Gasteiger partial charge in [-0.05, 0) is 18.2 Å². The molecular weight excluding hydrogens is 389 g/mol. The van der Waals surface area contributed by atoms with E-state index in [1.54, 1.807) is 30.3 Å². The fraction of sp³-hybridized carbons (Fsp3) is 0.125. The summed E-state index contributed by atoms with van der Waals surface area (Å²) in [5, 5.41) is 3.20. The maximum Gasteiger partial charge on any atom is 0.451 e. The van der Waals surface area contributed by atoms with E-state index in [2.05, 4.69) is 20.3 Å². The third kappa shape index (κ3) is 4.23. The van der Waals surface area contributed by atoms with E-state index < -0.39 is 17.9 Å². The molecule has 0 bridgehead atoms. The molecule has 0 atom stereocenters. The van der Waals surface area contributed by atoms with Crippen molar-refractivity contribution in [1.82, 2.24) is 15.0 Å². The minimum Gasteiger partial charge on any atom is -0.323 e. The van der Waals surface area contributed by atoms with Crippen molar-refractivity contribution in [2.45, 2.75) is 11.2 Å². The number of para-hydroxylation sites is 1. The van der Waals surface area contributed by atoms with E-state index in [9.17, 15) is 18.0 Å². The molecule has 0 unspecified atom stereocenters. The zero-order valence-corrected chi connectivity index (χ0v) is 14.5. The number of carbonyl (C=O) groups is 1. The van der Waals surface area contributed by atoms with E-state index in [1.165, 1.54) is 12.3 Å². The zero-order valence-electron chi connectivity index (χ0n) is 12.9. The van der Waals surface area contributed by atoms with Gasteiger partial charge in [0.1, 0.15) is 5.03 Å². The van der Waals surface area contributed by atoms with Gasteiger partial charge < -0.3 is 5.32 Å². The van der Waals surface area contributed by atoms with Crippen molar-refractivity contribution in [2.75, 3.05) is 11.1 Å². The van der Waals surface area contributed by atoms with E-state index in [-0.39, 0.29) is 21.4 Å². The molecule has 0 aliphatic carbocycles. The van der Waals surface area contributed by atoms with Crippen LogP contribution in [0, 0.1) is 0 Å². The highest BCUT2D eigenvalue weighted by Crippen LogP contribution is 2.32. The minimum absolute atomic E-state index is 0.0790. The van der Waals surface area contributed by atoms with Crippen molar-refractivity contribution < 1.29 is 18.0 Å². The first kappa shape index (κ1) is 18.4. The number of amides is 1. The van der Waals surface area contributed by atoms with Crippen LogP contribution in [-0.4, -0.2) is 26.6 Å². The number of fused-ring (bicyclic) bond motifs is 1. The average molecular weight is 399 g/mol. The summed E-state index contributed by atoms with van der Waals surface area (Å²) in [4.78, 5) is 23.0. The second-order valence-corrected chi connectivity index (χ2v) is 6.37. The summed E-state index contributed by atoms with van der Waals surface area (Å²) in [7, 11) is 0. The van der Waals surface area contributed by atoms with Crippen LogP contribution in [-0.2, 0) is 11.0 Å². The molecule has 0 spiro atoms. The maximum absolute atomic E-state index is 13.0. The van der Waals surface area contributed by atoms with Crippen LogP contribution in [0.4, 0.5) is 18.9 Å². The van der Waals surface area contributed by atoms with Crippen LogP contribution in [0.3, 0.4) is 0 Å². The number of aromatic nitrogens is 3. The van der Waals surface area contributed by atoms with Crippen LogP contribution in [0.15, 0.2) is 47.6 Å². The lowest BCUT2D eigenvalue weighted by atomic mass is 10.2. The molecule has 1 amide bonds. The molecule has 2 aromatic heterocycles. The fourth-order valence-electron chi connectivity index (χ4n) is 2.08. The summed E-state index contributed by atoms with van der Waals surface area (Å²) in [5.74, 6) is -1.83. The van der Waals surface area contributed by atoms with Crippen molar-refractivity contribution in [3.8, 4) is 0 Å². The molecule has 0 aliphatic rings. The molecule has 0 radical (unpaired) electrons. The van der Waals surface area contributed by atoms with Crippen LogP contribution >= 0.6 is 23.4 Å². The monoisotopic (exact) mass is 398 g/mol. The molecule has 2 heterocycles. The Hall–Kier alpha value is -2.39. The van der Waals surface area contributed by atoms with Crippen molar-refractivity contribution in [1.29, 1.82) is 0 Å². The SMILES string of the molecule is O=C(CSc1nc(C(F)(F)F)nc2ccccc12)Nc1cccnc1Cl. The number of alkyl halides is 3. The van der Waals surface area contributed by atoms with E-state index in [1.807, 2.05) is 0 Å². The minimum atomic E-state index is -4.68. The van der Waals surface area contributed by atoms with Crippen molar-refractivity contribution in [3.05, 3.63) is 53.6 Å². The second-order valence-electron chi connectivity index (χ2n) is 5.05. The Morgan fingerprint density at radius 2 is 1.92 bits per heavy atom. The molecule has 1 aromatic carbocycles. The van der Waals surface area contributed by atoms with Gasteiger partial charge in [0.05, 0.1) is 17.0 Å². The van der Waals surface area contributed by atoms with E-state index in [0.717, 1.165) is 11.8 Å². The summed E-state index contributed by atoms with van der Waals surface area (Å²) in [5.41, 5.74) is 0.483. The van der Waals surface area contributed by atoms with Crippen LogP contribution in [0.2, 0.25) is 5.15 Å². The smallest absolute Gasteiger partial charge is 0.323 e. The lowest BCUT2D eigenvalue weighted by Gasteiger charge is -2.10. The first-order valence-corrected chi connectivity index (χ1v) is 8.58. The molecule has 26 heavy (non-hydrogen) atoms. The van der Waals surface area contributed by atoms with Crippen LogP contribution in [0.1, 0.15) is 5.82 Å². The topological polar surface area (TPSA) is 67.8 Å². The van der Waals surface area contributed by atoms with Crippen molar-refractivity contribution in [3.63, 3.8) is 0 Å². The molecule has 3 rings (SSSR count). The summed E-state index contributed by atoms with van der Waals surface area (Å²) >= 11 is 6.74. The van der Waals surface area contributed by atoms with Gasteiger partial charge in [0.15, 0.2) is 5.15 Å². The van der Waals surface area contributed by atoms with Crippen molar-refractivity contribution in [2.24, 2.45) is 0 Å². The van der Waals surface area contributed by atoms with Crippen LogP contribution in [0.5, 0.6) is 0 Å². The summed E-state index contributed by atoms with van der Waals surface area (Å²) in [6.07, 6.45) is -3.21. The Morgan fingerprint density at radius 3 is 2.65 bits per heavy atom. The molecule has 0 aliphatic heterocycles. The molecule has 1 N–H and O–H groups in total. The van der Waals surface area contributed by atoms with Crippen molar-refractivity contribution >= 4 is 45.9 Å². The van der Waals surface area contributed by atoms with Gasteiger partial charge in [-0.1, -0.05) is 41.6 Å². The number of hydrogen-bond donors (Lipinski definition) is 1. The standard InChI is InChI=1S/C16H10ClF3N4OS/c17-13-11(6-3-7-21-13)22-12(25)8-26-14-9-4-1-2-5-10(9)23-15(24-14)16(18,19)20/h1-7H,8H2,(H,22,25). The van der Waals surface area contributed by atoms with Gasteiger partial charge >= 0.3 is 6.18 Å². The van der Waals surface area contributed by atoms with E-state index in [0.29, 0.717) is 11.1 Å². The maximum atomic E-state index is 13.0. The summed E-state index contributed by atoms with van der Waals surface area (Å²) in [6, 6.07) is 9.49. The molecule has 0 saturated heterocycles. The number of thioether (sulfide) groups is 1. The first-order chi connectivity index (χ1) is 12.3. The largest absolute Gasteiger partial charge is 0.451 e. The molecule has 0 saturated carbocycles. The van der Waals surface area contributed by atoms with Gasteiger partial charge in [0.2, 0.25) is 11.7 Å². The Bertz CT molecular complexity index is 968. The third-order valence-corrected chi connectivity index (χ3v) is 4.49. The Morgan fingerprint density at radius 1 is 1.15 bits per heavy atom. The number of carbonyl (C=O) groups excluding carboxylic acids is 1. The highest BCUT2D eigenvalue weighted by atomic mass is 35.5. The number of nitrogens with zero attached hydrogens (tertiary/aromatic N) is 3. The summed E-state index contributed by atoms with van der Waals surface area (Å²) < 4.78 is 39.0. The summed E-state index contributed by atoms with van der Waals surface area (Å²) in [6.45, 7) is 0. The molecule has 3 aromatic rings. The van der Waals surface area contributed by atoms with E-state index >= 15 is 0 Å². The van der Waals surface area contributed by atoms with E-state index in [4.69, 9.17) is 11.6 Å². The van der Waals surface area contributed by atoms with Gasteiger partial charge in [-0.25, -0.2) is 15.0 Å². The third-order valence-electron chi connectivity index (χ3n) is 3.19. The molecule has 134 valence electrons. The van der Waals surface area contributed by atoms with Crippen LogP contribution in [0.25, 0.3) is 10.9 Å². The van der Waals surface area contributed by atoms with Gasteiger partial charge in [0.25, 0.3) is 0 Å². The van der Waals surface area contributed by atoms with Crippen LogP contribution < -0.4 is 5.32 Å².